The van der Waals surface area contributed by atoms with Gasteiger partial charge in [0.15, 0.2) is 0 Å². The number of fused-ring (bicyclic) bond motifs is 1. The number of carboxylic acid groups (broad SMARTS) is 1. The van der Waals surface area contributed by atoms with Crippen LogP contribution in [0.25, 0.3) is 10.9 Å². The van der Waals surface area contributed by atoms with E-state index in [1.54, 1.807) is 38.0 Å². The van der Waals surface area contributed by atoms with E-state index in [0.29, 0.717) is 17.6 Å². The van der Waals surface area contributed by atoms with Crippen LogP contribution in [0.5, 0.6) is 5.75 Å². The number of hydrogen-bond donors (Lipinski definition) is 1. The predicted molar refractivity (Wildman–Crippen MR) is 142 cm³/mol. The zero-order chi connectivity index (χ0) is 26.8. The van der Waals surface area contributed by atoms with Crippen LogP contribution in [0.2, 0.25) is 0 Å². The fourth-order valence-electron chi connectivity index (χ4n) is 5.59. The van der Waals surface area contributed by atoms with Crippen LogP contribution in [-0.4, -0.2) is 57.4 Å². The number of likely N-dealkylation sites (tertiary alicyclic amines) is 1. The Balaban J connectivity index is 1.54. The molecule has 1 fully saturated rings. The number of aromatic nitrogens is 3. The van der Waals surface area contributed by atoms with Gasteiger partial charge in [0.2, 0.25) is 0 Å². The summed E-state index contributed by atoms with van der Waals surface area (Å²) >= 11 is 0. The lowest BCUT2D eigenvalue weighted by Crippen LogP contribution is -2.36. The number of nitrogens with zero attached hydrogens (tertiary/aromatic N) is 4. The minimum atomic E-state index is -1.02. The Bertz CT molecular complexity index is 1470. The Morgan fingerprint density at radius 2 is 1.92 bits per heavy atom. The van der Waals surface area contributed by atoms with E-state index in [2.05, 4.69) is 14.9 Å². The van der Waals surface area contributed by atoms with Gasteiger partial charge in [0.1, 0.15) is 12.1 Å². The Kier molecular flexibility index (Phi) is 7.11. The number of carbonyl (C=O) groups is 2. The lowest BCUT2D eigenvalue weighted by molar-refractivity contribution is 0.0600. The van der Waals surface area contributed by atoms with E-state index in [4.69, 9.17) is 9.47 Å². The van der Waals surface area contributed by atoms with Gasteiger partial charge in [-0.2, -0.15) is 0 Å². The molecule has 4 aromatic rings. The van der Waals surface area contributed by atoms with Crippen LogP contribution in [0.3, 0.4) is 0 Å². The number of piperidine rings is 1. The molecule has 1 saturated heterocycles. The van der Waals surface area contributed by atoms with Gasteiger partial charge in [-0.15, -0.1) is 0 Å². The molecule has 2 unspecified atom stereocenters. The lowest BCUT2D eigenvalue weighted by Gasteiger charge is -2.40. The Morgan fingerprint density at radius 3 is 2.58 bits per heavy atom. The van der Waals surface area contributed by atoms with E-state index in [9.17, 15) is 14.7 Å². The Morgan fingerprint density at radius 1 is 1.13 bits per heavy atom. The molecule has 1 aliphatic rings. The van der Waals surface area contributed by atoms with E-state index < -0.39 is 6.09 Å². The molecule has 1 aliphatic heterocycles. The van der Waals surface area contributed by atoms with Crippen molar-refractivity contribution in [1.29, 1.82) is 0 Å². The van der Waals surface area contributed by atoms with Gasteiger partial charge in [0.05, 0.1) is 25.3 Å². The second-order valence-electron chi connectivity index (χ2n) is 9.56. The van der Waals surface area contributed by atoms with Crippen LogP contribution in [0.4, 0.5) is 4.79 Å². The maximum Gasteiger partial charge on any atom is 0.416 e. The van der Waals surface area contributed by atoms with E-state index in [1.807, 2.05) is 37.3 Å². The summed E-state index contributed by atoms with van der Waals surface area (Å²) < 4.78 is 11.9. The quantitative estimate of drug-likeness (QED) is 0.351. The van der Waals surface area contributed by atoms with Crippen molar-refractivity contribution >= 4 is 23.0 Å². The van der Waals surface area contributed by atoms with Gasteiger partial charge in [-0.3, -0.25) is 9.47 Å². The summed E-state index contributed by atoms with van der Waals surface area (Å²) in [4.78, 5) is 34.9. The fourth-order valence-corrected chi connectivity index (χ4v) is 5.59. The second kappa shape index (κ2) is 10.6. The number of ether oxygens (including phenoxy) is 2. The van der Waals surface area contributed by atoms with Crippen molar-refractivity contribution in [3.05, 3.63) is 89.1 Å². The first-order valence-corrected chi connectivity index (χ1v) is 12.5. The van der Waals surface area contributed by atoms with Gasteiger partial charge < -0.3 is 14.6 Å². The zero-order valence-electron chi connectivity index (χ0n) is 21.6. The average molecular weight is 515 g/mol. The molecule has 1 N–H and O–H groups in total. The molecule has 0 aliphatic carbocycles. The molecule has 2 aromatic carbocycles. The van der Waals surface area contributed by atoms with Crippen LogP contribution in [0.15, 0.2) is 61.2 Å². The molecule has 2 atom stereocenters. The average Bonchev–Trinajstić information content (AvgIpc) is 3.41. The molecule has 2 aromatic heterocycles. The number of aryl methyl sites for hydroxylation is 1. The maximum absolute atomic E-state index is 12.0. The zero-order valence-corrected chi connectivity index (χ0v) is 21.6. The van der Waals surface area contributed by atoms with Gasteiger partial charge in [-0.05, 0) is 67.8 Å². The summed E-state index contributed by atoms with van der Waals surface area (Å²) in [5.41, 5.74) is 5.06. The van der Waals surface area contributed by atoms with Gasteiger partial charge in [0, 0.05) is 47.5 Å². The summed E-state index contributed by atoms with van der Waals surface area (Å²) in [5, 5.41) is 10.6. The largest absolute Gasteiger partial charge is 0.496 e. The number of benzene rings is 2. The number of hydrogen-bond acceptors (Lipinski definition) is 7. The summed E-state index contributed by atoms with van der Waals surface area (Å²) in [7, 11) is 3.02. The molecule has 0 bridgehead atoms. The predicted octanol–water partition coefficient (Wildman–Crippen LogP) is 5.18. The summed E-state index contributed by atoms with van der Waals surface area (Å²) in [6.07, 6.45) is 5.68. The molecule has 0 saturated carbocycles. The minimum absolute atomic E-state index is 0.0398. The Hall–Kier alpha value is -4.24. The van der Waals surface area contributed by atoms with Crippen molar-refractivity contribution in [1.82, 2.24) is 19.4 Å². The van der Waals surface area contributed by atoms with Gasteiger partial charge in [-0.25, -0.2) is 19.6 Å². The highest BCUT2D eigenvalue weighted by molar-refractivity contribution is 5.94. The van der Waals surface area contributed by atoms with Crippen molar-refractivity contribution in [2.24, 2.45) is 0 Å². The fraction of sp³-hybridized carbons (Fsp3) is 0.310. The first-order chi connectivity index (χ1) is 18.4. The molecule has 9 nitrogen and oxygen atoms in total. The van der Waals surface area contributed by atoms with Gasteiger partial charge >= 0.3 is 12.1 Å². The SMILES string of the molecule is COC(=O)c1ccc(C2CC(c3ccncn3)CCN2Cc2c(OC)cc(C)c3c2ccn3C(=O)O)cc1. The maximum atomic E-state index is 12.0. The van der Waals surface area contributed by atoms with Crippen LogP contribution >= 0.6 is 0 Å². The summed E-state index contributed by atoms with van der Waals surface area (Å²) in [6, 6.07) is 13.3. The highest BCUT2D eigenvalue weighted by atomic mass is 16.5. The lowest BCUT2D eigenvalue weighted by atomic mass is 9.84. The van der Waals surface area contributed by atoms with Gasteiger partial charge in [-0.1, -0.05) is 12.1 Å². The van der Waals surface area contributed by atoms with E-state index in [1.165, 1.54) is 11.7 Å². The second-order valence-corrected chi connectivity index (χ2v) is 9.56. The molecule has 196 valence electrons. The van der Waals surface area contributed by atoms with E-state index >= 15 is 0 Å². The topological polar surface area (TPSA) is 107 Å². The molecule has 0 amide bonds. The Labute approximate surface area is 220 Å². The smallest absolute Gasteiger partial charge is 0.416 e. The van der Waals surface area contributed by atoms with Crippen LogP contribution < -0.4 is 4.74 Å². The standard InChI is InChI=1S/C29H30N4O5/c1-18-14-26(37-2)23(22-10-13-33(27(18)22)29(35)36)16-32-12-9-21(24-8-11-30-17-31-24)15-25(32)19-4-6-20(7-5-19)28(34)38-3/h4-8,10-11,13-14,17,21,25H,9,12,15-16H2,1-3H3,(H,35,36). The first kappa shape index (κ1) is 25.4. The molecule has 9 heteroatoms. The third-order valence-corrected chi connectivity index (χ3v) is 7.47. The summed E-state index contributed by atoms with van der Waals surface area (Å²) in [5.74, 6) is 0.619. The van der Waals surface area contributed by atoms with Gasteiger partial charge in [0.25, 0.3) is 0 Å². The molecule has 38 heavy (non-hydrogen) atoms. The van der Waals surface area contributed by atoms with Crippen molar-refractivity contribution < 1.29 is 24.2 Å². The number of methoxy groups -OCH3 is 2. The number of esters is 1. The molecule has 0 radical (unpaired) electrons. The summed E-state index contributed by atoms with van der Waals surface area (Å²) in [6.45, 7) is 3.27. The van der Waals surface area contributed by atoms with Crippen LogP contribution in [0.1, 0.15) is 57.5 Å². The molecule has 5 rings (SSSR count). The third kappa shape index (κ3) is 4.72. The molecule has 0 spiro atoms. The number of carbonyl (C=O) groups excluding carboxylic acids is 1. The molecule has 3 heterocycles. The highest BCUT2D eigenvalue weighted by Crippen LogP contribution is 2.42. The van der Waals surface area contributed by atoms with Crippen molar-refractivity contribution in [2.45, 2.75) is 38.3 Å². The van der Waals surface area contributed by atoms with Crippen molar-refractivity contribution in [2.75, 3.05) is 20.8 Å². The highest BCUT2D eigenvalue weighted by Gasteiger charge is 2.32. The number of rotatable bonds is 6. The third-order valence-electron chi connectivity index (χ3n) is 7.47. The van der Waals surface area contributed by atoms with Crippen molar-refractivity contribution in [3.63, 3.8) is 0 Å². The molecular formula is C29H30N4O5. The van der Waals surface area contributed by atoms with Crippen LogP contribution in [-0.2, 0) is 11.3 Å². The van der Waals surface area contributed by atoms with E-state index in [-0.39, 0.29) is 17.9 Å². The molecular weight excluding hydrogens is 484 g/mol. The normalized spacial score (nSPS) is 17.9. The van der Waals surface area contributed by atoms with Crippen molar-refractivity contribution in [3.8, 4) is 5.75 Å². The first-order valence-electron chi connectivity index (χ1n) is 12.5. The van der Waals surface area contributed by atoms with Crippen LogP contribution in [0, 0.1) is 6.92 Å². The monoisotopic (exact) mass is 514 g/mol. The minimum Gasteiger partial charge on any atom is -0.496 e. The van der Waals surface area contributed by atoms with E-state index in [0.717, 1.165) is 52.9 Å².